The lowest BCUT2D eigenvalue weighted by molar-refractivity contribution is -0.130. The molecule has 3 heterocycles. The molecule has 0 spiro atoms. The molecule has 1 amide bonds. The lowest BCUT2D eigenvalue weighted by Crippen LogP contribution is -2.36. The molecule has 0 bridgehead atoms. The predicted octanol–water partition coefficient (Wildman–Crippen LogP) is 4.43. The van der Waals surface area contributed by atoms with Gasteiger partial charge >= 0.3 is 0 Å². The maximum Gasteiger partial charge on any atom is 0.248 e. The van der Waals surface area contributed by atoms with Crippen molar-refractivity contribution < 1.29 is 13.9 Å². The first kappa shape index (κ1) is 21.4. The van der Waals surface area contributed by atoms with Crippen LogP contribution in [0.15, 0.2) is 84.1 Å². The Morgan fingerprint density at radius 3 is 2.77 bits per heavy atom. The quantitative estimate of drug-likeness (QED) is 0.440. The number of fused-ring (bicyclic) bond motifs is 2. The summed E-state index contributed by atoms with van der Waals surface area (Å²) in [7, 11) is 1.62. The van der Waals surface area contributed by atoms with Gasteiger partial charge in [-0.25, -0.2) is 4.39 Å². The third-order valence-corrected chi connectivity index (χ3v) is 7.08. The van der Waals surface area contributed by atoms with Crippen molar-refractivity contribution in [3.8, 4) is 5.75 Å². The van der Waals surface area contributed by atoms with Crippen LogP contribution in [-0.2, 0) is 11.2 Å². The maximum atomic E-state index is 14.3. The number of aromatic nitrogens is 1. The number of carbonyl (C=O) groups is 1. The molecule has 1 saturated heterocycles. The lowest BCUT2D eigenvalue weighted by atomic mass is 9.85. The second-order valence-electron chi connectivity index (χ2n) is 9.00. The van der Waals surface area contributed by atoms with Crippen molar-refractivity contribution in [2.45, 2.75) is 18.5 Å². The zero-order valence-electron chi connectivity index (χ0n) is 19.2. The van der Waals surface area contributed by atoms with Crippen LogP contribution in [0.4, 0.5) is 4.39 Å². The van der Waals surface area contributed by atoms with E-state index >= 15 is 0 Å². The Balaban J connectivity index is 1.37. The summed E-state index contributed by atoms with van der Waals surface area (Å²) < 4.78 is 19.7. The Morgan fingerprint density at radius 2 is 1.91 bits per heavy atom. The van der Waals surface area contributed by atoms with Gasteiger partial charge in [0, 0.05) is 29.2 Å². The summed E-state index contributed by atoms with van der Waals surface area (Å²) in [6, 6.07) is 21.5. The van der Waals surface area contributed by atoms with Gasteiger partial charge in [0.15, 0.2) is 0 Å². The number of H-pyrrole nitrogens is 1. The monoisotopic (exact) mass is 468 g/mol. The molecular weight excluding hydrogens is 443 g/mol. The number of carbonyl (C=O) groups excluding carboxylic acids is 1. The number of hydrogen-bond donors (Lipinski definition) is 2. The standard InChI is InChI=1S/C28H25FN4O2/c1-35-21-9-5-6-17(15-21)25-24-26(32-31-25)28(34)33(27(24)18-7-4-8-20(29)14-18)13-12-19-16-30-23-11-3-2-10-22(19)23/h2-11,14-16,24,26-27,30,32H,12-13H2,1H3. The Morgan fingerprint density at radius 1 is 1.06 bits per heavy atom. The minimum Gasteiger partial charge on any atom is -0.497 e. The van der Waals surface area contributed by atoms with Crippen LogP contribution < -0.4 is 10.2 Å². The number of aromatic amines is 1. The number of hydrazone groups is 1. The molecule has 0 saturated carbocycles. The van der Waals surface area contributed by atoms with E-state index in [1.165, 1.54) is 12.1 Å². The number of ether oxygens (including phenoxy) is 1. The van der Waals surface area contributed by atoms with E-state index in [4.69, 9.17) is 4.74 Å². The Kier molecular flexibility index (Phi) is 5.25. The molecule has 4 aromatic rings. The Labute approximate surface area is 202 Å². The highest BCUT2D eigenvalue weighted by molar-refractivity contribution is 6.09. The van der Waals surface area contributed by atoms with Gasteiger partial charge in [-0.05, 0) is 47.9 Å². The van der Waals surface area contributed by atoms with E-state index in [0.717, 1.165) is 39.1 Å². The second kappa shape index (κ2) is 8.58. The third-order valence-electron chi connectivity index (χ3n) is 7.08. The second-order valence-corrected chi connectivity index (χ2v) is 9.00. The number of halogens is 1. The largest absolute Gasteiger partial charge is 0.497 e. The van der Waals surface area contributed by atoms with E-state index in [2.05, 4.69) is 21.6 Å². The number of likely N-dealkylation sites (tertiary alicyclic amines) is 1. The smallest absolute Gasteiger partial charge is 0.248 e. The molecule has 7 heteroatoms. The number of amides is 1. The minimum atomic E-state index is -0.493. The van der Waals surface area contributed by atoms with E-state index in [0.29, 0.717) is 13.0 Å². The molecule has 176 valence electrons. The first-order valence-electron chi connectivity index (χ1n) is 11.7. The molecule has 6 nitrogen and oxygen atoms in total. The molecule has 2 N–H and O–H groups in total. The molecule has 0 radical (unpaired) electrons. The van der Waals surface area contributed by atoms with Crippen molar-refractivity contribution in [3.05, 3.63) is 102 Å². The highest BCUT2D eigenvalue weighted by atomic mass is 19.1. The summed E-state index contributed by atoms with van der Waals surface area (Å²) in [5.74, 6) is 0.127. The number of para-hydroxylation sites is 1. The van der Waals surface area contributed by atoms with Crippen molar-refractivity contribution in [3.63, 3.8) is 0 Å². The fraction of sp³-hybridized carbons (Fsp3) is 0.214. The van der Waals surface area contributed by atoms with Crippen LogP contribution in [0.5, 0.6) is 5.75 Å². The van der Waals surface area contributed by atoms with Gasteiger partial charge in [-0.2, -0.15) is 5.10 Å². The Hall–Kier alpha value is -4.13. The molecule has 1 aromatic heterocycles. The average molecular weight is 469 g/mol. The number of methoxy groups -OCH3 is 1. The van der Waals surface area contributed by atoms with Crippen LogP contribution in [0, 0.1) is 11.7 Å². The highest BCUT2D eigenvalue weighted by Crippen LogP contribution is 2.43. The molecule has 2 aliphatic heterocycles. The van der Waals surface area contributed by atoms with Crippen molar-refractivity contribution in [2.75, 3.05) is 13.7 Å². The molecule has 6 rings (SSSR count). The van der Waals surface area contributed by atoms with Crippen LogP contribution in [0.25, 0.3) is 10.9 Å². The predicted molar refractivity (Wildman–Crippen MR) is 133 cm³/mol. The highest BCUT2D eigenvalue weighted by Gasteiger charge is 2.53. The minimum absolute atomic E-state index is 0.0225. The van der Waals surface area contributed by atoms with Gasteiger partial charge in [0.1, 0.15) is 17.6 Å². The molecule has 3 aromatic carbocycles. The van der Waals surface area contributed by atoms with Crippen LogP contribution in [0.1, 0.15) is 22.7 Å². The van der Waals surface area contributed by atoms with Crippen molar-refractivity contribution in [2.24, 2.45) is 11.0 Å². The van der Waals surface area contributed by atoms with E-state index in [9.17, 15) is 9.18 Å². The number of benzene rings is 3. The lowest BCUT2D eigenvalue weighted by Gasteiger charge is -2.28. The topological polar surface area (TPSA) is 69.7 Å². The van der Waals surface area contributed by atoms with Crippen LogP contribution in [0.2, 0.25) is 0 Å². The zero-order valence-corrected chi connectivity index (χ0v) is 19.2. The Bertz CT molecular complexity index is 1450. The molecule has 35 heavy (non-hydrogen) atoms. The molecule has 3 unspecified atom stereocenters. The van der Waals surface area contributed by atoms with Gasteiger partial charge in [-0.15, -0.1) is 0 Å². The summed E-state index contributed by atoms with van der Waals surface area (Å²) in [5.41, 5.74) is 7.74. The molecule has 1 fully saturated rings. The summed E-state index contributed by atoms with van der Waals surface area (Å²) in [6.07, 6.45) is 2.69. The third kappa shape index (κ3) is 3.64. The maximum absolute atomic E-state index is 14.3. The molecule has 0 aliphatic carbocycles. The van der Waals surface area contributed by atoms with Gasteiger partial charge in [0.05, 0.1) is 24.8 Å². The number of nitrogens with zero attached hydrogens (tertiary/aromatic N) is 2. The number of rotatable bonds is 6. The normalized spacial score (nSPS) is 21.2. The van der Waals surface area contributed by atoms with Crippen molar-refractivity contribution in [1.82, 2.24) is 15.3 Å². The zero-order chi connectivity index (χ0) is 23.9. The van der Waals surface area contributed by atoms with Crippen LogP contribution >= 0.6 is 0 Å². The first-order valence-corrected chi connectivity index (χ1v) is 11.7. The van der Waals surface area contributed by atoms with Gasteiger partial charge in [-0.1, -0.05) is 42.5 Å². The van der Waals surface area contributed by atoms with E-state index in [-0.39, 0.29) is 23.7 Å². The van der Waals surface area contributed by atoms with Crippen LogP contribution in [-0.4, -0.2) is 41.2 Å². The summed E-state index contributed by atoms with van der Waals surface area (Å²) in [4.78, 5) is 18.8. The SMILES string of the molecule is COc1cccc(C2=NNC3C(=O)N(CCc4c[nH]c5ccccc45)C(c4cccc(F)c4)C23)c1. The van der Waals surface area contributed by atoms with E-state index in [1.54, 1.807) is 13.2 Å². The first-order chi connectivity index (χ1) is 17.1. The van der Waals surface area contributed by atoms with Gasteiger partial charge < -0.3 is 14.6 Å². The molecular formula is C28H25FN4O2. The number of nitrogens with one attached hydrogen (secondary N) is 2. The summed E-state index contributed by atoms with van der Waals surface area (Å²) in [5, 5.41) is 5.72. The van der Waals surface area contributed by atoms with Crippen molar-refractivity contribution >= 4 is 22.5 Å². The summed E-state index contributed by atoms with van der Waals surface area (Å²) in [6.45, 7) is 0.516. The fourth-order valence-electron chi connectivity index (χ4n) is 5.45. The molecule has 3 atom stereocenters. The van der Waals surface area contributed by atoms with E-state index < -0.39 is 6.04 Å². The van der Waals surface area contributed by atoms with Crippen molar-refractivity contribution in [1.29, 1.82) is 0 Å². The van der Waals surface area contributed by atoms with Crippen LogP contribution in [0.3, 0.4) is 0 Å². The van der Waals surface area contributed by atoms with E-state index in [1.807, 2.05) is 59.6 Å². The van der Waals surface area contributed by atoms with Gasteiger partial charge in [0.25, 0.3) is 0 Å². The number of hydrogen-bond acceptors (Lipinski definition) is 4. The average Bonchev–Trinajstić information content (AvgIpc) is 3.57. The molecule has 2 aliphatic rings. The fourth-order valence-corrected chi connectivity index (χ4v) is 5.45. The van der Waals surface area contributed by atoms with Gasteiger partial charge in [0.2, 0.25) is 5.91 Å². The van der Waals surface area contributed by atoms with Gasteiger partial charge in [-0.3, -0.25) is 10.2 Å². The summed E-state index contributed by atoms with van der Waals surface area (Å²) >= 11 is 0.